The minimum absolute atomic E-state index is 0.153. The van der Waals surface area contributed by atoms with Crippen LogP contribution in [0.25, 0.3) is 0 Å². The molecule has 0 aliphatic rings. The van der Waals surface area contributed by atoms with Crippen LogP contribution >= 0.6 is 0 Å². The lowest BCUT2D eigenvalue weighted by Crippen LogP contribution is -2.09. The van der Waals surface area contributed by atoms with Gasteiger partial charge in [-0.25, -0.2) is 0 Å². The molecule has 0 atom stereocenters. The average Bonchev–Trinajstić information content (AvgIpc) is 2.97. The van der Waals surface area contributed by atoms with E-state index in [4.69, 9.17) is 11.5 Å². The van der Waals surface area contributed by atoms with Gasteiger partial charge in [0, 0.05) is 12.8 Å². The van der Waals surface area contributed by atoms with Crippen LogP contribution in [0.15, 0.2) is 12.2 Å². The first kappa shape index (κ1) is 47.1. The number of hydrogen-bond acceptors (Lipinski definition) is 2. The summed E-state index contributed by atoms with van der Waals surface area (Å²) >= 11 is 0. The van der Waals surface area contributed by atoms with E-state index in [2.05, 4.69) is 20.4 Å². The van der Waals surface area contributed by atoms with Crippen LogP contribution in [-0.2, 0) is 9.59 Å². The SMILES string of the molecule is C=C(C)C.CCCCCCCCCCCCCCCCCC(N)=O.CCCCCCCCCCCCCCCCCC(N)=O. The van der Waals surface area contributed by atoms with Crippen molar-refractivity contribution in [2.24, 2.45) is 11.5 Å². The van der Waals surface area contributed by atoms with E-state index >= 15 is 0 Å². The zero-order valence-corrected chi connectivity index (χ0v) is 30.8. The molecule has 264 valence electrons. The first-order valence-electron chi connectivity index (χ1n) is 19.5. The lowest BCUT2D eigenvalue weighted by molar-refractivity contribution is -0.119. The Balaban J connectivity index is -0.000000680. The van der Waals surface area contributed by atoms with Crippen molar-refractivity contribution in [3.63, 3.8) is 0 Å². The van der Waals surface area contributed by atoms with Crippen molar-refractivity contribution in [3.05, 3.63) is 12.2 Å². The molecule has 0 saturated carbocycles. The van der Waals surface area contributed by atoms with Crippen LogP contribution in [0.2, 0.25) is 0 Å². The molecule has 4 heteroatoms. The molecule has 0 aromatic carbocycles. The Hall–Kier alpha value is -1.32. The third-order valence-electron chi connectivity index (χ3n) is 8.05. The molecule has 0 aromatic rings. The van der Waals surface area contributed by atoms with Gasteiger partial charge in [0.1, 0.15) is 0 Å². The monoisotopic (exact) mass is 623 g/mol. The number of amides is 2. The number of unbranched alkanes of at least 4 members (excludes halogenated alkanes) is 28. The zero-order chi connectivity index (χ0) is 33.4. The summed E-state index contributed by atoms with van der Waals surface area (Å²) in [5.41, 5.74) is 11.4. The summed E-state index contributed by atoms with van der Waals surface area (Å²) in [6.45, 7) is 12.1. The van der Waals surface area contributed by atoms with Gasteiger partial charge in [-0.3, -0.25) is 9.59 Å². The summed E-state index contributed by atoms with van der Waals surface area (Å²) in [5, 5.41) is 0. The van der Waals surface area contributed by atoms with Crippen molar-refractivity contribution in [2.75, 3.05) is 0 Å². The summed E-state index contributed by atoms with van der Waals surface area (Å²) in [6.07, 6.45) is 41.8. The second-order valence-electron chi connectivity index (χ2n) is 13.5. The van der Waals surface area contributed by atoms with Gasteiger partial charge >= 0.3 is 0 Å². The maximum atomic E-state index is 10.6. The van der Waals surface area contributed by atoms with Gasteiger partial charge in [0.05, 0.1) is 0 Å². The van der Waals surface area contributed by atoms with E-state index < -0.39 is 0 Å². The van der Waals surface area contributed by atoms with E-state index in [1.807, 2.05) is 13.8 Å². The molecule has 0 bridgehead atoms. The first-order chi connectivity index (χ1) is 21.3. The second kappa shape index (κ2) is 43.8. The van der Waals surface area contributed by atoms with Crippen molar-refractivity contribution in [1.29, 1.82) is 0 Å². The summed E-state index contributed by atoms with van der Waals surface area (Å²) in [4.78, 5) is 21.1. The maximum Gasteiger partial charge on any atom is 0.217 e. The number of allylic oxidation sites excluding steroid dienone is 1. The van der Waals surface area contributed by atoms with Gasteiger partial charge in [-0.2, -0.15) is 0 Å². The maximum absolute atomic E-state index is 10.6. The van der Waals surface area contributed by atoms with E-state index in [-0.39, 0.29) is 11.8 Å². The molecule has 0 rings (SSSR count). The van der Waals surface area contributed by atoms with Crippen molar-refractivity contribution in [3.8, 4) is 0 Å². The molecular formula is C40H82N2O2. The molecule has 0 radical (unpaired) electrons. The fourth-order valence-corrected chi connectivity index (χ4v) is 5.34. The van der Waals surface area contributed by atoms with E-state index in [0.717, 1.165) is 12.8 Å². The Morgan fingerprint density at radius 3 is 0.636 bits per heavy atom. The lowest BCUT2D eigenvalue weighted by atomic mass is 10.0. The second-order valence-corrected chi connectivity index (χ2v) is 13.5. The van der Waals surface area contributed by atoms with E-state index in [1.54, 1.807) is 0 Å². The minimum atomic E-state index is -0.153. The van der Waals surface area contributed by atoms with Gasteiger partial charge in [0.25, 0.3) is 0 Å². The molecule has 0 fully saturated rings. The van der Waals surface area contributed by atoms with Crippen LogP contribution in [0.4, 0.5) is 0 Å². The third-order valence-corrected chi connectivity index (χ3v) is 8.05. The smallest absolute Gasteiger partial charge is 0.217 e. The summed E-state index contributed by atoms with van der Waals surface area (Å²) in [6, 6.07) is 0. The highest BCUT2D eigenvalue weighted by molar-refractivity contribution is 5.73. The molecule has 0 aromatic heterocycles. The first-order valence-corrected chi connectivity index (χ1v) is 19.5. The Morgan fingerprint density at radius 1 is 0.364 bits per heavy atom. The predicted molar refractivity (Wildman–Crippen MR) is 198 cm³/mol. The van der Waals surface area contributed by atoms with Crippen LogP contribution in [0.5, 0.6) is 0 Å². The lowest BCUT2D eigenvalue weighted by Gasteiger charge is -2.03. The number of rotatable bonds is 32. The standard InChI is InChI=1S/2C18H37NO.C4H8/c2*1-2-3-4-5-6-7-8-9-10-11-12-13-14-15-16-17-18(19)20;1-4(2)3/h2*2-17H2,1H3,(H2,19,20);1H2,2-3H3. The molecule has 0 spiro atoms. The highest BCUT2D eigenvalue weighted by atomic mass is 16.1. The Morgan fingerprint density at radius 2 is 0.500 bits per heavy atom. The fraction of sp³-hybridized carbons (Fsp3) is 0.900. The van der Waals surface area contributed by atoms with Crippen molar-refractivity contribution < 1.29 is 9.59 Å². The quantitative estimate of drug-likeness (QED) is 0.0577. The number of carbonyl (C=O) groups is 2. The van der Waals surface area contributed by atoms with Crippen LogP contribution in [-0.4, -0.2) is 11.8 Å². The number of carbonyl (C=O) groups excluding carboxylic acids is 2. The molecular weight excluding hydrogens is 540 g/mol. The highest BCUT2D eigenvalue weighted by Gasteiger charge is 1.97. The zero-order valence-electron chi connectivity index (χ0n) is 30.8. The van der Waals surface area contributed by atoms with Gasteiger partial charge < -0.3 is 11.5 Å². The third kappa shape index (κ3) is 60.0. The molecule has 44 heavy (non-hydrogen) atoms. The highest BCUT2D eigenvalue weighted by Crippen LogP contribution is 2.15. The Kier molecular flexibility index (Phi) is 46.9. The van der Waals surface area contributed by atoms with E-state index in [0.29, 0.717) is 12.8 Å². The summed E-state index contributed by atoms with van der Waals surface area (Å²) in [7, 11) is 0. The largest absolute Gasteiger partial charge is 0.370 e. The van der Waals surface area contributed by atoms with Gasteiger partial charge in [0.15, 0.2) is 0 Å². The fourth-order valence-electron chi connectivity index (χ4n) is 5.34. The van der Waals surface area contributed by atoms with Crippen LogP contribution < -0.4 is 11.5 Å². The van der Waals surface area contributed by atoms with Crippen LogP contribution in [0.1, 0.15) is 233 Å². The molecule has 0 unspecified atom stereocenters. The van der Waals surface area contributed by atoms with Gasteiger partial charge in [-0.15, -0.1) is 6.58 Å². The van der Waals surface area contributed by atoms with E-state index in [1.165, 1.54) is 185 Å². The molecule has 0 aliphatic carbocycles. The van der Waals surface area contributed by atoms with Crippen LogP contribution in [0.3, 0.4) is 0 Å². The number of hydrogen-bond donors (Lipinski definition) is 2. The minimum Gasteiger partial charge on any atom is -0.370 e. The predicted octanol–water partition coefficient (Wildman–Crippen LogP) is 13.0. The topological polar surface area (TPSA) is 86.2 Å². The molecule has 4 nitrogen and oxygen atoms in total. The Labute approximate surface area is 277 Å². The molecule has 0 heterocycles. The Bertz CT molecular complexity index is 528. The van der Waals surface area contributed by atoms with Crippen LogP contribution in [0, 0.1) is 0 Å². The molecule has 2 amide bonds. The van der Waals surface area contributed by atoms with E-state index in [9.17, 15) is 9.59 Å². The number of primary amides is 2. The summed E-state index contributed by atoms with van der Waals surface area (Å²) in [5.74, 6) is -0.306. The molecule has 0 aliphatic heterocycles. The average molecular weight is 623 g/mol. The summed E-state index contributed by atoms with van der Waals surface area (Å²) < 4.78 is 0. The normalized spacial score (nSPS) is 10.5. The molecule has 0 saturated heterocycles. The van der Waals surface area contributed by atoms with Gasteiger partial charge in [-0.05, 0) is 26.7 Å². The van der Waals surface area contributed by atoms with Crippen molar-refractivity contribution in [1.82, 2.24) is 0 Å². The van der Waals surface area contributed by atoms with Crippen molar-refractivity contribution in [2.45, 2.75) is 233 Å². The van der Waals surface area contributed by atoms with Gasteiger partial charge in [0.2, 0.25) is 11.8 Å². The molecule has 4 N–H and O–H groups in total. The van der Waals surface area contributed by atoms with Crippen molar-refractivity contribution >= 4 is 11.8 Å². The van der Waals surface area contributed by atoms with Gasteiger partial charge in [-0.1, -0.05) is 199 Å². The number of nitrogens with two attached hydrogens (primary N) is 2.